The van der Waals surface area contributed by atoms with Crippen LogP contribution in [0, 0.1) is 6.92 Å². The van der Waals surface area contributed by atoms with Crippen LogP contribution in [0.3, 0.4) is 0 Å². The molecule has 0 spiro atoms. The minimum Gasteiger partial charge on any atom is -0.320 e. The van der Waals surface area contributed by atoms with E-state index in [0.29, 0.717) is 0 Å². The van der Waals surface area contributed by atoms with Gasteiger partial charge in [-0.3, -0.25) is 4.98 Å². The molecule has 1 fully saturated rings. The van der Waals surface area contributed by atoms with Crippen LogP contribution < -0.4 is 5.73 Å². The van der Waals surface area contributed by atoms with E-state index in [1.165, 1.54) is 30.4 Å². The minimum absolute atomic E-state index is 0.0540. The molecule has 0 radical (unpaired) electrons. The van der Waals surface area contributed by atoms with Crippen molar-refractivity contribution in [1.29, 1.82) is 0 Å². The maximum absolute atomic E-state index is 6.39. The van der Waals surface area contributed by atoms with Crippen LogP contribution in [0.15, 0.2) is 42.6 Å². The van der Waals surface area contributed by atoms with E-state index in [4.69, 9.17) is 5.73 Å². The molecular weight excluding hydrogens is 232 g/mol. The first-order valence-electron chi connectivity index (χ1n) is 7.02. The normalized spacial score (nSPS) is 16.9. The molecular formula is C17H20N2. The number of pyridine rings is 1. The van der Waals surface area contributed by atoms with Crippen LogP contribution in [0.2, 0.25) is 0 Å². The lowest BCUT2D eigenvalue weighted by Gasteiger charge is -2.26. The van der Waals surface area contributed by atoms with Gasteiger partial charge in [0.1, 0.15) is 0 Å². The third-order valence-electron chi connectivity index (χ3n) is 4.13. The van der Waals surface area contributed by atoms with E-state index in [1.807, 2.05) is 19.2 Å². The smallest absolute Gasteiger partial charge is 0.0552 e. The van der Waals surface area contributed by atoms with Gasteiger partial charge in [-0.25, -0.2) is 0 Å². The molecule has 2 heteroatoms. The Balaban J connectivity index is 1.88. The predicted octanol–water partition coefficient (Wildman–Crippen LogP) is 3.71. The monoisotopic (exact) mass is 252 g/mol. The van der Waals surface area contributed by atoms with Gasteiger partial charge in [-0.1, -0.05) is 30.7 Å². The molecule has 1 aliphatic rings. The van der Waals surface area contributed by atoms with E-state index in [2.05, 4.69) is 35.3 Å². The molecule has 98 valence electrons. The zero-order valence-electron chi connectivity index (χ0n) is 11.3. The SMILES string of the molecule is Cc1cc(C(N)c2cccc(C3CCC3)c2)ccn1. The van der Waals surface area contributed by atoms with Crippen molar-refractivity contribution in [2.75, 3.05) is 0 Å². The summed E-state index contributed by atoms with van der Waals surface area (Å²) in [6.45, 7) is 2.00. The number of hydrogen-bond donors (Lipinski definition) is 1. The number of aromatic nitrogens is 1. The molecule has 1 saturated carbocycles. The highest BCUT2D eigenvalue weighted by Crippen LogP contribution is 2.37. The zero-order valence-corrected chi connectivity index (χ0v) is 11.3. The molecule has 1 aromatic heterocycles. The van der Waals surface area contributed by atoms with Gasteiger partial charge in [0, 0.05) is 11.9 Å². The van der Waals surface area contributed by atoms with Crippen LogP contribution in [0.1, 0.15) is 53.6 Å². The van der Waals surface area contributed by atoms with E-state index < -0.39 is 0 Å². The fourth-order valence-corrected chi connectivity index (χ4v) is 2.70. The Morgan fingerprint density at radius 2 is 1.95 bits per heavy atom. The molecule has 3 rings (SSSR count). The number of nitrogens with two attached hydrogens (primary N) is 1. The minimum atomic E-state index is -0.0540. The van der Waals surface area contributed by atoms with E-state index >= 15 is 0 Å². The molecule has 2 N–H and O–H groups in total. The van der Waals surface area contributed by atoms with Gasteiger partial charge in [0.25, 0.3) is 0 Å². The van der Waals surface area contributed by atoms with Crippen LogP contribution in [-0.4, -0.2) is 4.98 Å². The van der Waals surface area contributed by atoms with Gasteiger partial charge in [0.05, 0.1) is 6.04 Å². The first kappa shape index (κ1) is 12.4. The highest BCUT2D eigenvalue weighted by Gasteiger charge is 2.20. The van der Waals surface area contributed by atoms with Gasteiger partial charge in [-0.05, 0) is 54.5 Å². The standard InChI is InChI=1S/C17H20N2/c1-12-10-16(8-9-19-12)17(18)15-7-3-6-14(11-15)13-4-2-5-13/h3,6-11,13,17H,2,4-5,18H2,1H3. The summed E-state index contributed by atoms with van der Waals surface area (Å²) in [6.07, 6.45) is 5.85. The van der Waals surface area contributed by atoms with E-state index in [-0.39, 0.29) is 6.04 Å². The van der Waals surface area contributed by atoms with Crippen molar-refractivity contribution in [1.82, 2.24) is 4.98 Å². The van der Waals surface area contributed by atoms with Crippen LogP contribution in [0.5, 0.6) is 0 Å². The van der Waals surface area contributed by atoms with E-state index in [9.17, 15) is 0 Å². The Kier molecular flexibility index (Phi) is 3.34. The average Bonchev–Trinajstić information content (AvgIpc) is 2.36. The number of hydrogen-bond acceptors (Lipinski definition) is 2. The predicted molar refractivity (Wildman–Crippen MR) is 78.0 cm³/mol. The lowest BCUT2D eigenvalue weighted by Crippen LogP contribution is -2.14. The summed E-state index contributed by atoms with van der Waals surface area (Å²) < 4.78 is 0. The molecule has 1 atom stereocenters. The van der Waals surface area contributed by atoms with Gasteiger partial charge >= 0.3 is 0 Å². The van der Waals surface area contributed by atoms with Crippen LogP contribution >= 0.6 is 0 Å². The quantitative estimate of drug-likeness (QED) is 0.904. The molecule has 0 aliphatic heterocycles. The summed E-state index contributed by atoms with van der Waals surface area (Å²) in [5.74, 6) is 0.756. The maximum Gasteiger partial charge on any atom is 0.0552 e. The third kappa shape index (κ3) is 2.54. The zero-order chi connectivity index (χ0) is 13.2. The Labute approximate surface area is 114 Å². The van der Waals surface area contributed by atoms with Gasteiger partial charge in [0.15, 0.2) is 0 Å². The summed E-state index contributed by atoms with van der Waals surface area (Å²) in [4.78, 5) is 4.23. The van der Waals surface area contributed by atoms with Gasteiger partial charge in [-0.15, -0.1) is 0 Å². The molecule has 1 aromatic carbocycles. The number of rotatable bonds is 3. The first-order chi connectivity index (χ1) is 9.24. The molecule has 0 saturated heterocycles. The molecule has 19 heavy (non-hydrogen) atoms. The molecule has 0 bridgehead atoms. The van der Waals surface area contributed by atoms with Gasteiger partial charge < -0.3 is 5.73 Å². The van der Waals surface area contributed by atoms with Crippen molar-refractivity contribution in [3.8, 4) is 0 Å². The average molecular weight is 252 g/mol. The largest absolute Gasteiger partial charge is 0.320 e. The Hall–Kier alpha value is -1.67. The van der Waals surface area contributed by atoms with Crippen molar-refractivity contribution in [3.63, 3.8) is 0 Å². The van der Waals surface area contributed by atoms with Crippen molar-refractivity contribution < 1.29 is 0 Å². The van der Waals surface area contributed by atoms with Crippen LogP contribution in [0.4, 0.5) is 0 Å². The summed E-state index contributed by atoms with van der Waals surface area (Å²) in [5, 5.41) is 0. The van der Waals surface area contributed by atoms with Crippen LogP contribution in [0.25, 0.3) is 0 Å². The first-order valence-corrected chi connectivity index (χ1v) is 7.02. The summed E-state index contributed by atoms with van der Waals surface area (Å²) in [6, 6.07) is 12.8. The molecule has 1 aliphatic carbocycles. The fraction of sp³-hybridized carbons (Fsp3) is 0.353. The molecule has 2 nitrogen and oxygen atoms in total. The summed E-state index contributed by atoms with van der Waals surface area (Å²) >= 11 is 0. The number of aryl methyl sites for hydroxylation is 1. The van der Waals surface area contributed by atoms with E-state index in [1.54, 1.807) is 0 Å². The summed E-state index contributed by atoms with van der Waals surface area (Å²) in [7, 11) is 0. The molecule has 1 heterocycles. The Morgan fingerprint density at radius 3 is 2.63 bits per heavy atom. The highest BCUT2D eigenvalue weighted by atomic mass is 14.7. The second-order valence-corrected chi connectivity index (χ2v) is 5.51. The van der Waals surface area contributed by atoms with E-state index in [0.717, 1.165) is 17.2 Å². The molecule has 2 aromatic rings. The highest BCUT2D eigenvalue weighted by molar-refractivity contribution is 5.35. The van der Waals surface area contributed by atoms with Gasteiger partial charge in [0.2, 0.25) is 0 Å². The van der Waals surface area contributed by atoms with Crippen molar-refractivity contribution in [3.05, 3.63) is 65.0 Å². The molecule has 1 unspecified atom stereocenters. The number of nitrogens with zero attached hydrogens (tertiary/aromatic N) is 1. The Morgan fingerprint density at radius 1 is 1.16 bits per heavy atom. The topological polar surface area (TPSA) is 38.9 Å². The maximum atomic E-state index is 6.39. The second-order valence-electron chi connectivity index (χ2n) is 5.51. The lowest BCUT2D eigenvalue weighted by molar-refractivity contribution is 0.419. The van der Waals surface area contributed by atoms with Crippen LogP contribution in [-0.2, 0) is 0 Å². The van der Waals surface area contributed by atoms with Gasteiger partial charge in [-0.2, -0.15) is 0 Å². The van der Waals surface area contributed by atoms with Crippen molar-refractivity contribution >= 4 is 0 Å². The number of benzene rings is 1. The lowest BCUT2D eigenvalue weighted by atomic mass is 9.79. The fourth-order valence-electron chi connectivity index (χ4n) is 2.70. The molecule has 0 amide bonds. The Bertz CT molecular complexity index is 573. The van der Waals surface area contributed by atoms with Crippen molar-refractivity contribution in [2.45, 2.75) is 38.1 Å². The summed E-state index contributed by atoms with van der Waals surface area (Å²) in [5.41, 5.74) is 11.2. The van der Waals surface area contributed by atoms with Crippen molar-refractivity contribution in [2.24, 2.45) is 5.73 Å². The second kappa shape index (κ2) is 5.14. The third-order valence-corrected chi connectivity index (χ3v) is 4.13.